The Morgan fingerprint density at radius 2 is 1.85 bits per heavy atom. The highest BCUT2D eigenvalue weighted by Gasteiger charge is 2.34. The van der Waals surface area contributed by atoms with Crippen LogP contribution in [0.25, 0.3) is 16.8 Å². The number of hydrogen-bond acceptors (Lipinski definition) is 7. The van der Waals surface area contributed by atoms with Gasteiger partial charge >= 0.3 is 12.0 Å². The Hall–Kier alpha value is -4.57. The first-order valence-electron chi connectivity index (χ1n) is 11.9. The lowest BCUT2D eigenvalue weighted by atomic mass is 10.1. The second-order valence-electron chi connectivity index (χ2n) is 8.60. The van der Waals surface area contributed by atoms with E-state index >= 15 is 0 Å². The highest BCUT2D eigenvalue weighted by Crippen LogP contribution is 2.38. The summed E-state index contributed by atoms with van der Waals surface area (Å²) in [6.45, 7) is 0.178. The first kappa shape index (κ1) is 26.1. The number of ether oxygens (including phenoxy) is 3. The molecule has 10 heteroatoms. The first-order valence-corrected chi connectivity index (χ1v) is 12.7. The molecule has 198 valence electrons. The molecule has 5 rings (SSSR count). The highest BCUT2D eigenvalue weighted by molar-refractivity contribution is 9.10. The summed E-state index contributed by atoms with van der Waals surface area (Å²) < 4.78 is 22.3. The molecule has 1 fully saturated rings. The smallest absolute Gasteiger partial charge is 0.373 e. The third kappa shape index (κ3) is 5.37. The Labute approximate surface area is 232 Å². The van der Waals surface area contributed by atoms with Gasteiger partial charge in [0.1, 0.15) is 18.1 Å². The summed E-state index contributed by atoms with van der Waals surface area (Å²) in [5.41, 5.74) is 1.72. The number of methoxy groups -OCH3 is 2. The second-order valence-corrected chi connectivity index (χ2v) is 9.45. The molecule has 1 aliphatic rings. The van der Waals surface area contributed by atoms with Gasteiger partial charge in [0.25, 0.3) is 5.91 Å². The molecule has 0 atom stereocenters. The Balaban J connectivity index is 1.34. The summed E-state index contributed by atoms with van der Waals surface area (Å²) in [5.74, 6) is 0.0176. The monoisotopic (exact) mass is 590 g/mol. The molecule has 0 radical (unpaired) electrons. The summed E-state index contributed by atoms with van der Waals surface area (Å²) in [6.07, 6.45) is 1.55. The molecule has 9 nitrogen and oxygen atoms in total. The van der Waals surface area contributed by atoms with Crippen molar-refractivity contribution in [1.82, 2.24) is 10.2 Å². The largest absolute Gasteiger partial charge is 0.493 e. The average Bonchev–Trinajstić information content (AvgIpc) is 3.52. The number of benzene rings is 3. The summed E-state index contributed by atoms with van der Waals surface area (Å²) >= 11 is 3.55. The van der Waals surface area contributed by atoms with Crippen molar-refractivity contribution in [2.75, 3.05) is 14.2 Å². The number of urea groups is 1. The van der Waals surface area contributed by atoms with Crippen molar-refractivity contribution in [2.24, 2.45) is 0 Å². The van der Waals surface area contributed by atoms with Gasteiger partial charge in [-0.2, -0.15) is 0 Å². The molecule has 3 amide bonds. The van der Waals surface area contributed by atoms with E-state index in [1.165, 1.54) is 26.4 Å². The lowest BCUT2D eigenvalue weighted by Crippen LogP contribution is -2.30. The van der Waals surface area contributed by atoms with E-state index in [-0.39, 0.29) is 23.8 Å². The molecule has 4 aromatic rings. The molecule has 0 bridgehead atoms. The Morgan fingerprint density at radius 3 is 2.64 bits per heavy atom. The lowest BCUT2D eigenvalue weighted by Gasteiger charge is -2.15. The zero-order valence-corrected chi connectivity index (χ0v) is 22.6. The number of imide groups is 1. The molecule has 1 saturated heterocycles. The number of hydrogen-bond donors (Lipinski definition) is 1. The zero-order chi connectivity index (χ0) is 27.5. The lowest BCUT2D eigenvalue weighted by molar-refractivity contribution is -0.123. The van der Waals surface area contributed by atoms with Crippen LogP contribution in [0, 0.1) is 0 Å². The van der Waals surface area contributed by atoms with E-state index < -0.39 is 17.9 Å². The predicted molar refractivity (Wildman–Crippen MR) is 146 cm³/mol. The zero-order valence-electron chi connectivity index (χ0n) is 21.0. The summed E-state index contributed by atoms with van der Waals surface area (Å²) in [5, 5.41) is 4.81. The number of furan rings is 1. The van der Waals surface area contributed by atoms with E-state index in [1.54, 1.807) is 18.2 Å². The van der Waals surface area contributed by atoms with Gasteiger partial charge in [-0.25, -0.2) is 9.59 Å². The van der Waals surface area contributed by atoms with E-state index in [2.05, 4.69) is 44.2 Å². The number of esters is 1. The van der Waals surface area contributed by atoms with E-state index in [9.17, 15) is 14.4 Å². The number of carbonyl (C=O) groups is 3. The third-order valence-corrected chi connectivity index (χ3v) is 6.73. The maximum atomic E-state index is 13.0. The van der Waals surface area contributed by atoms with E-state index in [4.69, 9.17) is 13.9 Å². The highest BCUT2D eigenvalue weighted by atomic mass is 79.9. The van der Waals surface area contributed by atoms with Crippen LogP contribution in [0.15, 0.2) is 81.3 Å². The molecule has 1 aliphatic heterocycles. The molecule has 1 N–H and O–H groups in total. The van der Waals surface area contributed by atoms with Gasteiger partial charge in [0.2, 0.25) is 5.76 Å². The van der Waals surface area contributed by atoms with Crippen molar-refractivity contribution < 1.29 is 33.0 Å². The fraction of sp³-hybridized carbons (Fsp3) is 0.138. The fourth-order valence-corrected chi connectivity index (χ4v) is 4.82. The number of nitrogens with one attached hydrogen (secondary N) is 1. The summed E-state index contributed by atoms with van der Waals surface area (Å²) in [7, 11) is 2.76. The fourth-order valence-electron chi connectivity index (χ4n) is 4.24. The van der Waals surface area contributed by atoms with Crippen LogP contribution in [-0.4, -0.2) is 37.0 Å². The van der Waals surface area contributed by atoms with Gasteiger partial charge in [0, 0.05) is 0 Å². The molecule has 3 aromatic carbocycles. The van der Waals surface area contributed by atoms with Gasteiger partial charge in [0.15, 0.2) is 11.5 Å². The van der Waals surface area contributed by atoms with Crippen LogP contribution in [0.1, 0.15) is 27.4 Å². The third-order valence-electron chi connectivity index (χ3n) is 6.14. The molecule has 0 unspecified atom stereocenters. The minimum atomic E-state index is -0.650. The number of fused-ring (bicyclic) bond motifs is 1. The standard InChI is InChI=1S/C29H23BrN2O7/c1-36-25-14-17(12-22(30)26(25)38-16-19-8-5-7-18-6-3-4-9-21(18)19)13-23-27(33)32(29(35)31-23)15-20-10-11-24(39-20)28(34)37-2/h3-14H,15-16H2,1-2H3,(H,31,35)/b23-13-. The van der Waals surface area contributed by atoms with Crippen molar-refractivity contribution in [3.63, 3.8) is 0 Å². The second kappa shape index (κ2) is 11.0. The summed E-state index contributed by atoms with van der Waals surface area (Å²) in [4.78, 5) is 38.1. The van der Waals surface area contributed by atoms with Gasteiger partial charge in [-0.1, -0.05) is 42.5 Å². The molecule has 0 saturated carbocycles. The average molecular weight is 591 g/mol. The molecule has 0 spiro atoms. The van der Waals surface area contributed by atoms with Crippen molar-refractivity contribution >= 4 is 50.7 Å². The van der Waals surface area contributed by atoms with Crippen LogP contribution in [0.2, 0.25) is 0 Å². The number of rotatable bonds is 8. The summed E-state index contributed by atoms with van der Waals surface area (Å²) in [6, 6.07) is 19.9. The van der Waals surface area contributed by atoms with Crippen molar-refractivity contribution in [3.8, 4) is 11.5 Å². The van der Waals surface area contributed by atoms with Gasteiger partial charge in [-0.05, 0) is 68.2 Å². The van der Waals surface area contributed by atoms with Gasteiger partial charge in [0.05, 0.1) is 25.2 Å². The van der Waals surface area contributed by atoms with Crippen molar-refractivity contribution in [3.05, 3.63) is 99.5 Å². The molecule has 0 aliphatic carbocycles. The van der Waals surface area contributed by atoms with Gasteiger partial charge in [-0.3, -0.25) is 9.69 Å². The van der Waals surface area contributed by atoms with Crippen LogP contribution < -0.4 is 14.8 Å². The van der Waals surface area contributed by atoms with E-state index in [0.29, 0.717) is 28.1 Å². The van der Waals surface area contributed by atoms with Crippen LogP contribution in [0.3, 0.4) is 0 Å². The van der Waals surface area contributed by atoms with E-state index in [0.717, 1.165) is 21.2 Å². The molecular weight excluding hydrogens is 568 g/mol. The minimum Gasteiger partial charge on any atom is -0.493 e. The van der Waals surface area contributed by atoms with Crippen LogP contribution in [0.4, 0.5) is 4.79 Å². The predicted octanol–water partition coefficient (Wildman–Crippen LogP) is 5.66. The first-order chi connectivity index (χ1) is 18.9. The molecule has 1 aromatic heterocycles. The Morgan fingerprint density at radius 1 is 1.05 bits per heavy atom. The normalized spacial score (nSPS) is 14.1. The number of carbonyl (C=O) groups excluding carboxylic acids is 3. The van der Waals surface area contributed by atoms with Gasteiger partial charge in [-0.15, -0.1) is 0 Å². The number of halogens is 1. The molecule has 39 heavy (non-hydrogen) atoms. The van der Waals surface area contributed by atoms with Crippen molar-refractivity contribution in [2.45, 2.75) is 13.2 Å². The van der Waals surface area contributed by atoms with Crippen LogP contribution >= 0.6 is 15.9 Å². The topological polar surface area (TPSA) is 107 Å². The maximum Gasteiger partial charge on any atom is 0.373 e. The molecule has 2 heterocycles. The molecular formula is C29H23BrN2O7. The maximum absolute atomic E-state index is 13.0. The minimum absolute atomic E-state index is 0.0185. The Kier molecular flexibility index (Phi) is 7.38. The number of nitrogens with zero attached hydrogens (tertiary/aromatic N) is 1. The Bertz CT molecular complexity index is 1620. The quantitative estimate of drug-likeness (QED) is 0.160. The SMILES string of the molecule is COC(=O)c1ccc(CN2C(=O)N/C(=C\c3cc(Br)c(OCc4cccc5ccccc45)c(OC)c3)C2=O)o1. The van der Waals surface area contributed by atoms with Crippen LogP contribution in [0.5, 0.6) is 11.5 Å². The van der Waals surface area contributed by atoms with Crippen LogP contribution in [-0.2, 0) is 22.7 Å². The van der Waals surface area contributed by atoms with E-state index in [1.807, 2.05) is 24.3 Å². The van der Waals surface area contributed by atoms with Gasteiger partial charge < -0.3 is 23.9 Å². The number of amides is 3. The van der Waals surface area contributed by atoms with Crippen molar-refractivity contribution in [1.29, 1.82) is 0 Å².